The van der Waals surface area contributed by atoms with Crippen molar-refractivity contribution in [2.45, 2.75) is 26.2 Å². The van der Waals surface area contributed by atoms with E-state index in [-0.39, 0.29) is 5.56 Å². The second-order valence-corrected chi connectivity index (χ2v) is 3.74. The zero-order valence-electron chi connectivity index (χ0n) is 9.59. The highest BCUT2D eigenvalue weighted by Gasteiger charge is 2.17. The van der Waals surface area contributed by atoms with Crippen LogP contribution < -0.4 is 10.5 Å². The third-order valence-corrected chi connectivity index (χ3v) is 2.43. The third-order valence-electron chi connectivity index (χ3n) is 2.43. The van der Waals surface area contributed by atoms with E-state index in [0.29, 0.717) is 18.7 Å². The van der Waals surface area contributed by atoms with Crippen molar-refractivity contribution < 1.29 is 13.5 Å². The van der Waals surface area contributed by atoms with Gasteiger partial charge in [0.05, 0.1) is 12.7 Å². The molecular formula is C12H17F2NO. The maximum absolute atomic E-state index is 12.8. The lowest BCUT2D eigenvalue weighted by atomic mass is 10.0. The number of ether oxygens (including phenoxy) is 1. The maximum atomic E-state index is 12.8. The molecule has 90 valence electrons. The first-order chi connectivity index (χ1) is 7.60. The summed E-state index contributed by atoms with van der Waals surface area (Å²) in [4.78, 5) is 0. The molecule has 1 aromatic carbocycles. The van der Waals surface area contributed by atoms with Gasteiger partial charge in [-0.15, -0.1) is 0 Å². The molecule has 0 aromatic heterocycles. The summed E-state index contributed by atoms with van der Waals surface area (Å²) in [6.07, 6.45) is -1.07. The van der Waals surface area contributed by atoms with Crippen molar-refractivity contribution >= 4 is 0 Å². The van der Waals surface area contributed by atoms with E-state index in [2.05, 4.69) is 0 Å². The van der Waals surface area contributed by atoms with Crippen LogP contribution in [0.25, 0.3) is 0 Å². The number of aryl methyl sites for hydroxylation is 2. The standard InChI is InChI=1S/C12H17F2NO/c1-8-6-9(4-3-5-15)11(16-2)10(7-8)12(13)14/h6-7,12H,3-5,15H2,1-2H3. The van der Waals surface area contributed by atoms with Crippen LogP contribution in [0.2, 0.25) is 0 Å². The molecule has 1 rings (SSSR count). The molecule has 4 heteroatoms. The molecule has 0 fully saturated rings. The van der Waals surface area contributed by atoms with Crippen LogP contribution in [-0.4, -0.2) is 13.7 Å². The Balaban J connectivity index is 3.14. The number of hydrogen-bond donors (Lipinski definition) is 1. The molecule has 16 heavy (non-hydrogen) atoms. The summed E-state index contributed by atoms with van der Waals surface area (Å²) < 4.78 is 30.7. The zero-order chi connectivity index (χ0) is 12.1. The van der Waals surface area contributed by atoms with E-state index in [1.54, 1.807) is 6.92 Å². The Bertz CT molecular complexity index is 353. The Labute approximate surface area is 94.4 Å². The Morgan fingerprint density at radius 2 is 2.06 bits per heavy atom. The van der Waals surface area contributed by atoms with Gasteiger partial charge in [-0.25, -0.2) is 8.78 Å². The molecule has 0 atom stereocenters. The molecule has 0 amide bonds. The average Bonchev–Trinajstić information content (AvgIpc) is 2.25. The summed E-state index contributed by atoms with van der Waals surface area (Å²) in [6.45, 7) is 2.35. The summed E-state index contributed by atoms with van der Waals surface area (Å²) in [6, 6.07) is 3.34. The quantitative estimate of drug-likeness (QED) is 0.842. The van der Waals surface area contributed by atoms with Crippen molar-refractivity contribution in [1.82, 2.24) is 0 Å². The molecule has 2 nitrogen and oxygen atoms in total. The number of hydrogen-bond acceptors (Lipinski definition) is 2. The minimum absolute atomic E-state index is 0.0329. The smallest absolute Gasteiger partial charge is 0.267 e. The Kier molecular flexibility index (Phi) is 4.68. The average molecular weight is 229 g/mol. The Hall–Kier alpha value is -1.16. The Morgan fingerprint density at radius 3 is 2.56 bits per heavy atom. The fraction of sp³-hybridized carbons (Fsp3) is 0.500. The van der Waals surface area contributed by atoms with Crippen LogP contribution in [0.3, 0.4) is 0 Å². The van der Waals surface area contributed by atoms with Gasteiger partial charge in [-0.05, 0) is 37.9 Å². The van der Waals surface area contributed by atoms with Crippen molar-refractivity contribution in [3.05, 3.63) is 28.8 Å². The summed E-state index contributed by atoms with van der Waals surface area (Å²) in [5.41, 5.74) is 7.01. The van der Waals surface area contributed by atoms with Crippen LogP contribution in [0.15, 0.2) is 12.1 Å². The summed E-state index contributed by atoms with van der Waals surface area (Å²) in [5.74, 6) is 0.300. The molecule has 0 spiro atoms. The van der Waals surface area contributed by atoms with Crippen LogP contribution in [-0.2, 0) is 6.42 Å². The topological polar surface area (TPSA) is 35.2 Å². The molecule has 0 aliphatic heterocycles. The van der Waals surface area contributed by atoms with Gasteiger partial charge < -0.3 is 10.5 Å². The van der Waals surface area contributed by atoms with E-state index in [9.17, 15) is 8.78 Å². The van der Waals surface area contributed by atoms with E-state index in [4.69, 9.17) is 10.5 Å². The molecule has 0 aliphatic carbocycles. The van der Waals surface area contributed by atoms with Crippen LogP contribution in [0, 0.1) is 6.92 Å². The van der Waals surface area contributed by atoms with Gasteiger partial charge in [0.2, 0.25) is 0 Å². The molecule has 2 N–H and O–H groups in total. The predicted octanol–water partition coefficient (Wildman–Crippen LogP) is 2.83. The minimum Gasteiger partial charge on any atom is -0.496 e. The highest BCUT2D eigenvalue weighted by atomic mass is 19.3. The molecule has 0 radical (unpaired) electrons. The highest BCUT2D eigenvalue weighted by molar-refractivity contribution is 5.45. The largest absolute Gasteiger partial charge is 0.496 e. The first kappa shape index (κ1) is 12.9. The number of halogens is 2. The number of alkyl halides is 2. The lowest BCUT2D eigenvalue weighted by Gasteiger charge is -2.14. The van der Waals surface area contributed by atoms with Gasteiger partial charge in [-0.3, -0.25) is 0 Å². The molecule has 0 unspecified atom stereocenters. The molecule has 0 heterocycles. The number of benzene rings is 1. The normalized spacial score (nSPS) is 10.9. The van der Waals surface area contributed by atoms with E-state index in [1.165, 1.54) is 13.2 Å². The van der Waals surface area contributed by atoms with E-state index < -0.39 is 6.43 Å². The molecule has 0 bridgehead atoms. The van der Waals surface area contributed by atoms with Crippen molar-refractivity contribution in [2.24, 2.45) is 5.73 Å². The Morgan fingerprint density at radius 1 is 1.38 bits per heavy atom. The summed E-state index contributed by atoms with van der Waals surface area (Å²) in [7, 11) is 1.42. The number of methoxy groups -OCH3 is 1. The molecule has 0 saturated heterocycles. The first-order valence-electron chi connectivity index (χ1n) is 5.25. The van der Waals surface area contributed by atoms with Crippen molar-refractivity contribution in [3.8, 4) is 5.75 Å². The van der Waals surface area contributed by atoms with Gasteiger partial charge in [-0.2, -0.15) is 0 Å². The lowest BCUT2D eigenvalue weighted by molar-refractivity contribution is 0.146. The summed E-state index contributed by atoms with van der Waals surface area (Å²) in [5, 5.41) is 0. The number of rotatable bonds is 5. The van der Waals surface area contributed by atoms with Gasteiger partial charge in [0.1, 0.15) is 5.75 Å². The van der Waals surface area contributed by atoms with Crippen molar-refractivity contribution in [2.75, 3.05) is 13.7 Å². The molecule has 0 aliphatic rings. The van der Waals surface area contributed by atoms with E-state index >= 15 is 0 Å². The highest BCUT2D eigenvalue weighted by Crippen LogP contribution is 2.33. The maximum Gasteiger partial charge on any atom is 0.267 e. The number of nitrogens with two attached hydrogens (primary N) is 1. The van der Waals surface area contributed by atoms with Gasteiger partial charge in [0, 0.05) is 0 Å². The molecular weight excluding hydrogens is 212 g/mol. The summed E-state index contributed by atoms with van der Waals surface area (Å²) >= 11 is 0. The minimum atomic E-state index is -2.51. The fourth-order valence-corrected chi connectivity index (χ4v) is 1.77. The predicted molar refractivity (Wildman–Crippen MR) is 60.1 cm³/mol. The second kappa shape index (κ2) is 5.80. The van der Waals surface area contributed by atoms with Gasteiger partial charge >= 0.3 is 0 Å². The van der Waals surface area contributed by atoms with Crippen LogP contribution in [0.4, 0.5) is 8.78 Å². The second-order valence-electron chi connectivity index (χ2n) is 3.74. The van der Waals surface area contributed by atoms with E-state index in [0.717, 1.165) is 17.5 Å². The lowest BCUT2D eigenvalue weighted by Crippen LogP contribution is -2.04. The van der Waals surface area contributed by atoms with Crippen LogP contribution >= 0.6 is 0 Å². The monoisotopic (exact) mass is 229 g/mol. The fourth-order valence-electron chi connectivity index (χ4n) is 1.77. The SMILES string of the molecule is COc1c(CCCN)cc(C)cc1C(F)F. The molecule has 0 saturated carbocycles. The molecule has 1 aromatic rings. The van der Waals surface area contributed by atoms with Crippen molar-refractivity contribution in [1.29, 1.82) is 0 Å². The van der Waals surface area contributed by atoms with E-state index in [1.807, 2.05) is 6.07 Å². The van der Waals surface area contributed by atoms with Gasteiger partial charge in [0.15, 0.2) is 0 Å². The van der Waals surface area contributed by atoms with Crippen molar-refractivity contribution in [3.63, 3.8) is 0 Å². The zero-order valence-corrected chi connectivity index (χ0v) is 9.59. The third kappa shape index (κ3) is 2.92. The first-order valence-corrected chi connectivity index (χ1v) is 5.25. The van der Waals surface area contributed by atoms with Gasteiger partial charge in [0.25, 0.3) is 6.43 Å². The van der Waals surface area contributed by atoms with Crippen LogP contribution in [0.1, 0.15) is 29.5 Å². The van der Waals surface area contributed by atoms with Crippen LogP contribution in [0.5, 0.6) is 5.75 Å². The van der Waals surface area contributed by atoms with Gasteiger partial charge in [-0.1, -0.05) is 11.6 Å².